The second-order valence-electron chi connectivity index (χ2n) is 9.91. The van der Waals surface area contributed by atoms with E-state index in [9.17, 15) is 17.6 Å². The number of hydrogen-bond donors (Lipinski definition) is 0. The van der Waals surface area contributed by atoms with Crippen LogP contribution in [0.3, 0.4) is 0 Å². The number of aryl methyl sites for hydroxylation is 1. The molecule has 1 nitrogen and oxygen atoms in total. The number of halogens is 4. The van der Waals surface area contributed by atoms with Gasteiger partial charge in [0.25, 0.3) is 0 Å². The van der Waals surface area contributed by atoms with E-state index in [1.54, 1.807) is 18.2 Å². The van der Waals surface area contributed by atoms with Gasteiger partial charge in [-0.25, -0.2) is 0 Å². The fourth-order valence-electron chi connectivity index (χ4n) is 5.71. The van der Waals surface area contributed by atoms with Crippen LogP contribution in [0, 0.1) is 35.0 Å². The minimum atomic E-state index is -4.26. The topological polar surface area (TPSA) is 23.8 Å². The van der Waals surface area contributed by atoms with Gasteiger partial charge in [-0.3, -0.25) is 0 Å². The molecule has 2 saturated carbocycles. The quantitative estimate of drug-likeness (QED) is 0.164. The van der Waals surface area contributed by atoms with E-state index >= 15 is 0 Å². The summed E-state index contributed by atoms with van der Waals surface area (Å²) in [6, 6.07) is 7.09. The van der Waals surface area contributed by atoms with E-state index in [1.165, 1.54) is 69.2 Å². The van der Waals surface area contributed by atoms with Crippen molar-refractivity contribution in [2.24, 2.45) is 23.7 Å². The minimum Gasteiger partial charge on any atom is -0.195 e. The van der Waals surface area contributed by atoms with Crippen molar-refractivity contribution in [3.63, 3.8) is 0 Å². The molecule has 0 bridgehead atoms. The Balaban J connectivity index is 1.29. The zero-order valence-corrected chi connectivity index (χ0v) is 19.3. The van der Waals surface area contributed by atoms with Gasteiger partial charge in [0.1, 0.15) is 6.07 Å². The molecule has 2 fully saturated rings. The van der Waals surface area contributed by atoms with Crippen LogP contribution in [0.15, 0.2) is 48.3 Å². The van der Waals surface area contributed by atoms with Gasteiger partial charge in [0.05, 0.1) is 5.56 Å². The Morgan fingerprint density at radius 3 is 2.09 bits per heavy atom. The van der Waals surface area contributed by atoms with Crippen LogP contribution in [-0.2, 0) is 12.6 Å². The molecule has 180 valence electrons. The Morgan fingerprint density at radius 1 is 0.909 bits per heavy atom. The van der Waals surface area contributed by atoms with Crippen molar-refractivity contribution in [2.75, 3.05) is 0 Å². The standard InChI is InChI=1S/C28H35F4N/c29-27(20-33)7-3-6-23-10-16-25(17-11-23)24-14-8-21(9-15-24)4-1-2-5-22-12-18-26(19-13-22)28(30,31)32/h3,6-7,12-13,18-19,21,23-25H,1-2,4-5,8-11,14-17H2. The molecule has 0 unspecified atom stereocenters. The van der Waals surface area contributed by atoms with Crippen LogP contribution in [0.25, 0.3) is 0 Å². The van der Waals surface area contributed by atoms with Gasteiger partial charge in [-0.05, 0) is 98.8 Å². The summed E-state index contributed by atoms with van der Waals surface area (Å²) in [4.78, 5) is 0. The largest absolute Gasteiger partial charge is 0.416 e. The number of nitrogens with zero attached hydrogens (tertiary/aromatic N) is 1. The van der Waals surface area contributed by atoms with Gasteiger partial charge in [0.15, 0.2) is 5.83 Å². The van der Waals surface area contributed by atoms with E-state index in [0.29, 0.717) is 5.92 Å². The SMILES string of the molecule is N#CC(F)=CC=CC1CCC(C2CCC(CCCCc3ccc(C(F)(F)F)cc3)CC2)CC1. The fourth-order valence-corrected chi connectivity index (χ4v) is 5.71. The predicted octanol–water partition coefficient (Wildman–Crippen LogP) is 8.96. The smallest absolute Gasteiger partial charge is 0.195 e. The van der Waals surface area contributed by atoms with Crippen LogP contribution in [-0.4, -0.2) is 0 Å². The third kappa shape index (κ3) is 8.32. The van der Waals surface area contributed by atoms with Crippen molar-refractivity contribution in [2.45, 2.75) is 83.2 Å². The number of benzene rings is 1. The third-order valence-corrected chi connectivity index (χ3v) is 7.72. The lowest BCUT2D eigenvalue weighted by atomic mass is 9.68. The molecule has 0 N–H and O–H groups in total. The molecule has 0 spiro atoms. The molecule has 0 aromatic heterocycles. The summed E-state index contributed by atoms with van der Waals surface area (Å²) in [5, 5.41) is 8.45. The zero-order valence-electron chi connectivity index (χ0n) is 19.3. The van der Waals surface area contributed by atoms with Crippen LogP contribution < -0.4 is 0 Å². The lowest BCUT2D eigenvalue weighted by Crippen LogP contribution is -2.25. The van der Waals surface area contributed by atoms with Crippen LogP contribution in [0.5, 0.6) is 0 Å². The minimum absolute atomic E-state index is 0.505. The second kappa shape index (κ2) is 12.4. The molecule has 2 aliphatic rings. The first-order valence-corrected chi connectivity index (χ1v) is 12.5. The predicted molar refractivity (Wildman–Crippen MR) is 124 cm³/mol. The summed E-state index contributed by atoms with van der Waals surface area (Å²) >= 11 is 0. The molecule has 0 heterocycles. The monoisotopic (exact) mass is 461 g/mol. The van der Waals surface area contributed by atoms with E-state index < -0.39 is 17.6 Å². The van der Waals surface area contributed by atoms with Crippen molar-refractivity contribution in [1.82, 2.24) is 0 Å². The number of hydrogen-bond acceptors (Lipinski definition) is 1. The Labute approximate surface area is 195 Å². The molecule has 0 saturated heterocycles. The molecule has 3 rings (SSSR count). The van der Waals surface area contributed by atoms with Crippen molar-refractivity contribution in [3.8, 4) is 6.07 Å². The van der Waals surface area contributed by atoms with E-state index in [4.69, 9.17) is 5.26 Å². The summed E-state index contributed by atoms with van der Waals surface area (Å²) in [7, 11) is 0. The van der Waals surface area contributed by atoms with Gasteiger partial charge in [0, 0.05) is 0 Å². The molecule has 2 aliphatic carbocycles. The molecule has 1 aromatic carbocycles. The van der Waals surface area contributed by atoms with Crippen LogP contribution in [0.1, 0.15) is 81.8 Å². The Bertz CT molecular complexity index is 815. The molecular weight excluding hydrogens is 426 g/mol. The summed E-state index contributed by atoms with van der Waals surface area (Å²) in [6.07, 6.45) is 15.1. The molecule has 0 atom stereocenters. The Hall–Kier alpha value is -2.09. The van der Waals surface area contributed by atoms with Gasteiger partial charge in [0.2, 0.25) is 0 Å². The highest BCUT2D eigenvalue weighted by molar-refractivity contribution is 5.24. The number of nitriles is 1. The molecule has 1 aromatic rings. The molecule has 0 amide bonds. The molecule has 0 radical (unpaired) electrons. The molecular formula is C28H35F4N. The number of rotatable bonds is 8. The average Bonchev–Trinajstić information content (AvgIpc) is 2.82. The summed E-state index contributed by atoms with van der Waals surface area (Å²) < 4.78 is 50.8. The zero-order chi connectivity index (χ0) is 23.7. The van der Waals surface area contributed by atoms with Crippen molar-refractivity contribution < 1.29 is 17.6 Å². The van der Waals surface area contributed by atoms with Crippen LogP contribution >= 0.6 is 0 Å². The van der Waals surface area contributed by atoms with Gasteiger partial charge in [-0.1, -0.05) is 50.0 Å². The summed E-state index contributed by atoms with van der Waals surface area (Å²) in [5.74, 6) is 2.23. The average molecular weight is 462 g/mol. The fraction of sp³-hybridized carbons (Fsp3) is 0.607. The van der Waals surface area contributed by atoms with E-state index in [-0.39, 0.29) is 0 Å². The first-order chi connectivity index (χ1) is 15.8. The van der Waals surface area contributed by atoms with Crippen LogP contribution in [0.2, 0.25) is 0 Å². The first kappa shape index (κ1) is 25.5. The highest BCUT2D eigenvalue weighted by Gasteiger charge is 2.31. The Morgan fingerprint density at radius 2 is 1.52 bits per heavy atom. The van der Waals surface area contributed by atoms with Crippen molar-refractivity contribution >= 4 is 0 Å². The molecule has 33 heavy (non-hydrogen) atoms. The normalized spacial score (nSPS) is 26.9. The maximum Gasteiger partial charge on any atom is 0.416 e. The first-order valence-electron chi connectivity index (χ1n) is 12.5. The van der Waals surface area contributed by atoms with Crippen LogP contribution in [0.4, 0.5) is 17.6 Å². The van der Waals surface area contributed by atoms with Crippen molar-refractivity contribution in [3.05, 3.63) is 59.4 Å². The van der Waals surface area contributed by atoms with Gasteiger partial charge in [-0.2, -0.15) is 22.8 Å². The summed E-state index contributed by atoms with van der Waals surface area (Å²) in [6.45, 7) is 0. The van der Waals surface area contributed by atoms with E-state index in [1.807, 2.05) is 0 Å². The maximum atomic E-state index is 12.9. The number of allylic oxidation sites excluding steroid dienone is 4. The molecule has 5 heteroatoms. The summed E-state index contributed by atoms with van der Waals surface area (Å²) in [5.41, 5.74) is 0.416. The highest BCUT2D eigenvalue weighted by Crippen LogP contribution is 2.42. The lowest BCUT2D eigenvalue weighted by molar-refractivity contribution is -0.137. The number of unbranched alkanes of at least 4 members (excludes halogenated alkanes) is 1. The maximum absolute atomic E-state index is 12.9. The number of alkyl halides is 3. The van der Waals surface area contributed by atoms with Gasteiger partial charge >= 0.3 is 6.18 Å². The lowest BCUT2D eigenvalue weighted by Gasteiger charge is -2.37. The Kier molecular flexibility index (Phi) is 9.59. The van der Waals surface area contributed by atoms with E-state index in [2.05, 4.69) is 6.08 Å². The second-order valence-corrected chi connectivity index (χ2v) is 9.91. The highest BCUT2D eigenvalue weighted by atomic mass is 19.4. The van der Waals surface area contributed by atoms with Gasteiger partial charge in [-0.15, -0.1) is 0 Å². The molecule has 0 aliphatic heterocycles. The van der Waals surface area contributed by atoms with Crippen molar-refractivity contribution in [1.29, 1.82) is 5.26 Å². The van der Waals surface area contributed by atoms with E-state index in [0.717, 1.165) is 55.4 Å². The third-order valence-electron chi connectivity index (χ3n) is 7.72. The van der Waals surface area contributed by atoms with Gasteiger partial charge < -0.3 is 0 Å².